The van der Waals surface area contributed by atoms with E-state index in [-0.39, 0.29) is 36.7 Å². The summed E-state index contributed by atoms with van der Waals surface area (Å²) in [6, 6.07) is 0. The first-order valence-corrected chi connectivity index (χ1v) is 6.04. The van der Waals surface area contributed by atoms with E-state index in [9.17, 15) is 14.4 Å². The van der Waals surface area contributed by atoms with Crippen LogP contribution in [0.1, 0.15) is 12.8 Å². The Morgan fingerprint density at radius 2 is 1.89 bits per heavy atom. The first-order chi connectivity index (χ1) is 8.58. The lowest BCUT2D eigenvalue weighted by molar-refractivity contribution is -0.135. The van der Waals surface area contributed by atoms with Gasteiger partial charge in [-0.3, -0.25) is 14.4 Å². The van der Waals surface area contributed by atoms with E-state index in [1.807, 2.05) is 0 Å². The van der Waals surface area contributed by atoms with Crippen molar-refractivity contribution in [3.8, 4) is 0 Å². The molecule has 4 N–H and O–H groups in total. The molecule has 0 saturated carbocycles. The van der Waals surface area contributed by atoms with E-state index in [2.05, 4.69) is 10.6 Å². The highest BCUT2D eigenvalue weighted by atomic mass is 16.2. The maximum atomic E-state index is 11.7. The number of hydrogen-bond acceptors (Lipinski definition) is 4. The molecule has 1 aliphatic rings. The van der Waals surface area contributed by atoms with Gasteiger partial charge in [0.2, 0.25) is 17.7 Å². The molecule has 0 aromatic rings. The Kier molecular flexibility index (Phi) is 5.57. The number of nitrogens with zero attached hydrogens (tertiary/aromatic N) is 1. The molecule has 0 spiro atoms. The monoisotopic (exact) mass is 256 g/mol. The summed E-state index contributed by atoms with van der Waals surface area (Å²) in [5, 5.41) is 5.05. The lowest BCUT2D eigenvalue weighted by Crippen LogP contribution is -2.46. The van der Waals surface area contributed by atoms with Crippen LogP contribution in [0.5, 0.6) is 0 Å². The van der Waals surface area contributed by atoms with E-state index < -0.39 is 0 Å². The highest BCUT2D eigenvalue weighted by molar-refractivity contribution is 5.85. The van der Waals surface area contributed by atoms with Gasteiger partial charge in [0.15, 0.2) is 0 Å². The molecular formula is C11H20N4O3. The molecule has 18 heavy (non-hydrogen) atoms. The van der Waals surface area contributed by atoms with Crippen molar-refractivity contribution >= 4 is 17.7 Å². The molecule has 1 heterocycles. The molecular weight excluding hydrogens is 236 g/mol. The van der Waals surface area contributed by atoms with Crippen LogP contribution in [0.4, 0.5) is 0 Å². The number of nitrogens with two attached hydrogens (primary N) is 1. The standard InChI is InChI=1S/C11H20N4O3/c1-13-11(18)8-2-4-15(5-3-8)10(17)7-14-9(16)6-12/h8H,2-7,12H2,1H3,(H,13,18)(H,14,16). The van der Waals surface area contributed by atoms with Gasteiger partial charge in [-0.15, -0.1) is 0 Å². The second-order valence-corrected chi connectivity index (χ2v) is 4.25. The van der Waals surface area contributed by atoms with E-state index in [1.165, 1.54) is 0 Å². The largest absolute Gasteiger partial charge is 0.359 e. The number of carbonyl (C=O) groups excluding carboxylic acids is 3. The van der Waals surface area contributed by atoms with Crippen molar-refractivity contribution in [2.24, 2.45) is 11.7 Å². The van der Waals surface area contributed by atoms with Crippen LogP contribution in [0.15, 0.2) is 0 Å². The molecule has 1 fully saturated rings. The minimum Gasteiger partial charge on any atom is -0.359 e. The zero-order valence-corrected chi connectivity index (χ0v) is 10.6. The summed E-state index contributed by atoms with van der Waals surface area (Å²) in [7, 11) is 1.61. The number of carbonyl (C=O) groups is 3. The summed E-state index contributed by atoms with van der Waals surface area (Å²) in [6.45, 7) is 0.956. The van der Waals surface area contributed by atoms with Gasteiger partial charge in [-0.25, -0.2) is 0 Å². The topological polar surface area (TPSA) is 105 Å². The fourth-order valence-electron chi connectivity index (χ4n) is 1.95. The van der Waals surface area contributed by atoms with Crippen LogP contribution in [-0.2, 0) is 14.4 Å². The molecule has 7 nitrogen and oxygen atoms in total. The third-order valence-electron chi connectivity index (χ3n) is 3.09. The molecule has 102 valence electrons. The SMILES string of the molecule is CNC(=O)C1CCN(C(=O)CNC(=O)CN)CC1. The summed E-state index contributed by atoms with van der Waals surface area (Å²) < 4.78 is 0. The lowest BCUT2D eigenvalue weighted by Gasteiger charge is -2.31. The zero-order chi connectivity index (χ0) is 13.5. The molecule has 0 unspecified atom stereocenters. The fourth-order valence-corrected chi connectivity index (χ4v) is 1.95. The summed E-state index contributed by atoms with van der Waals surface area (Å²) in [4.78, 5) is 35.7. The molecule has 0 aliphatic carbocycles. The maximum Gasteiger partial charge on any atom is 0.241 e. The van der Waals surface area contributed by atoms with Crippen molar-refractivity contribution in [2.45, 2.75) is 12.8 Å². The van der Waals surface area contributed by atoms with Crippen molar-refractivity contribution in [3.63, 3.8) is 0 Å². The normalized spacial score (nSPS) is 16.2. The Labute approximate surface area is 106 Å². The van der Waals surface area contributed by atoms with Crippen molar-refractivity contribution in [3.05, 3.63) is 0 Å². The van der Waals surface area contributed by atoms with Crippen LogP contribution in [0.2, 0.25) is 0 Å². The molecule has 3 amide bonds. The van der Waals surface area contributed by atoms with Gasteiger partial charge in [-0.2, -0.15) is 0 Å². The quantitative estimate of drug-likeness (QED) is 0.543. The van der Waals surface area contributed by atoms with Gasteiger partial charge in [0, 0.05) is 26.1 Å². The molecule has 1 aliphatic heterocycles. The molecule has 0 radical (unpaired) electrons. The van der Waals surface area contributed by atoms with Crippen LogP contribution in [0.25, 0.3) is 0 Å². The molecule has 1 rings (SSSR count). The first-order valence-electron chi connectivity index (χ1n) is 6.04. The number of rotatable bonds is 4. The average molecular weight is 256 g/mol. The van der Waals surface area contributed by atoms with Crippen molar-refractivity contribution in [1.82, 2.24) is 15.5 Å². The smallest absolute Gasteiger partial charge is 0.241 e. The molecule has 0 atom stereocenters. The summed E-state index contributed by atoms with van der Waals surface area (Å²) in [5.41, 5.74) is 5.12. The molecule has 0 aromatic carbocycles. The zero-order valence-electron chi connectivity index (χ0n) is 10.6. The lowest BCUT2D eigenvalue weighted by atomic mass is 9.96. The van der Waals surface area contributed by atoms with Crippen LogP contribution in [0, 0.1) is 5.92 Å². The number of piperidine rings is 1. The number of hydrogen-bond donors (Lipinski definition) is 3. The van der Waals surface area contributed by atoms with Crippen molar-refractivity contribution in [1.29, 1.82) is 0 Å². The van der Waals surface area contributed by atoms with Crippen molar-refractivity contribution in [2.75, 3.05) is 33.2 Å². The van der Waals surface area contributed by atoms with Crippen molar-refractivity contribution < 1.29 is 14.4 Å². The van der Waals surface area contributed by atoms with Gasteiger partial charge in [0.05, 0.1) is 13.1 Å². The third kappa shape index (κ3) is 3.99. The van der Waals surface area contributed by atoms with Crippen LogP contribution in [-0.4, -0.2) is 55.8 Å². The van der Waals surface area contributed by atoms with Crippen LogP contribution < -0.4 is 16.4 Å². The predicted molar refractivity (Wildman–Crippen MR) is 65.4 cm³/mol. The Balaban J connectivity index is 2.31. The summed E-state index contributed by atoms with van der Waals surface area (Å²) in [5.74, 6) is -0.466. The van der Waals surface area contributed by atoms with Gasteiger partial charge in [-0.1, -0.05) is 0 Å². The molecule has 0 aromatic heterocycles. The maximum absolute atomic E-state index is 11.7. The van der Waals surface area contributed by atoms with Gasteiger partial charge in [0.25, 0.3) is 0 Å². The van der Waals surface area contributed by atoms with Gasteiger partial charge < -0.3 is 21.3 Å². The molecule has 0 bridgehead atoms. The van der Waals surface area contributed by atoms with E-state index in [1.54, 1.807) is 11.9 Å². The Bertz CT molecular complexity index is 324. The van der Waals surface area contributed by atoms with E-state index in [0.29, 0.717) is 25.9 Å². The highest BCUT2D eigenvalue weighted by Gasteiger charge is 2.26. The average Bonchev–Trinajstić information content (AvgIpc) is 2.43. The Hall–Kier alpha value is -1.63. The first kappa shape index (κ1) is 14.4. The minimum atomic E-state index is -0.344. The second kappa shape index (κ2) is 6.95. The Morgan fingerprint density at radius 1 is 1.28 bits per heavy atom. The van der Waals surface area contributed by atoms with Crippen LogP contribution >= 0.6 is 0 Å². The van der Waals surface area contributed by atoms with E-state index in [4.69, 9.17) is 5.73 Å². The Morgan fingerprint density at radius 3 is 2.39 bits per heavy atom. The van der Waals surface area contributed by atoms with Gasteiger partial charge >= 0.3 is 0 Å². The number of likely N-dealkylation sites (tertiary alicyclic amines) is 1. The van der Waals surface area contributed by atoms with Crippen LogP contribution in [0.3, 0.4) is 0 Å². The molecule has 1 saturated heterocycles. The van der Waals surface area contributed by atoms with Gasteiger partial charge in [0.1, 0.15) is 0 Å². The van der Waals surface area contributed by atoms with E-state index >= 15 is 0 Å². The van der Waals surface area contributed by atoms with E-state index in [0.717, 1.165) is 0 Å². The minimum absolute atomic E-state index is 0.0160. The number of amides is 3. The third-order valence-corrected chi connectivity index (χ3v) is 3.09. The number of nitrogens with one attached hydrogen (secondary N) is 2. The summed E-state index contributed by atoms with van der Waals surface area (Å²) in [6.07, 6.45) is 1.33. The second-order valence-electron chi connectivity index (χ2n) is 4.25. The van der Waals surface area contributed by atoms with Gasteiger partial charge in [-0.05, 0) is 12.8 Å². The summed E-state index contributed by atoms with van der Waals surface area (Å²) >= 11 is 0. The highest BCUT2D eigenvalue weighted by Crippen LogP contribution is 2.16. The predicted octanol–water partition coefficient (Wildman–Crippen LogP) is -1.95. The molecule has 7 heteroatoms. The fraction of sp³-hybridized carbons (Fsp3) is 0.727.